The van der Waals surface area contributed by atoms with E-state index in [2.05, 4.69) is 55.1 Å². The van der Waals surface area contributed by atoms with Crippen molar-refractivity contribution in [1.82, 2.24) is 0 Å². The zero-order valence-electron chi connectivity index (χ0n) is 13.8. The summed E-state index contributed by atoms with van der Waals surface area (Å²) in [4.78, 5) is 0. The monoisotopic (exact) mass is 329 g/mol. The van der Waals surface area contributed by atoms with Crippen molar-refractivity contribution in [3.63, 3.8) is 0 Å². The van der Waals surface area contributed by atoms with Crippen LogP contribution in [0.25, 0.3) is 22.0 Å². The minimum absolute atomic E-state index is 0. The number of nitrogens with zero attached hydrogens (tertiary/aromatic N) is 1. The van der Waals surface area contributed by atoms with Crippen molar-refractivity contribution in [3.8, 4) is 22.8 Å². The van der Waals surface area contributed by atoms with E-state index in [4.69, 9.17) is 9.47 Å². The molecule has 0 spiro atoms. The molecule has 0 unspecified atom stereocenters. The molecular formula is C19H20ClNO2. The lowest BCUT2D eigenvalue weighted by molar-refractivity contribution is -0.659. The van der Waals surface area contributed by atoms with Gasteiger partial charge in [0.25, 0.3) is 0 Å². The molecule has 1 aromatic heterocycles. The average molecular weight is 330 g/mol. The summed E-state index contributed by atoms with van der Waals surface area (Å²) < 4.78 is 12.9. The fourth-order valence-electron chi connectivity index (χ4n) is 2.69. The van der Waals surface area contributed by atoms with Crippen LogP contribution < -0.4 is 26.4 Å². The predicted molar refractivity (Wildman–Crippen MR) is 88.4 cm³/mol. The summed E-state index contributed by atoms with van der Waals surface area (Å²) in [5.41, 5.74) is 3.63. The van der Waals surface area contributed by atoms with E-state index in [1.807, 2.05) is 12.1 Å². The fourth-order valence-corrected chi connectivity index (χ4v) is 2.69. The number of ether oxygens (including phenoxy) is 2. The molecule has 3 nitrogen and oxygen atoms in total. The molecule has 0 fully saturated rings. The van der Waals surface area contributed by atoms with Gasteiger partial charge in [-0.3, -0.25) is 0 Å². The first-order valence-electron chi connectivity index (χ1n) is 7.25. The Labute approximate surface area is 142 Å². The van der Waals surface area contributed by atoms with Crippen LogP contribution in [0.4, 0.5) is 0 Å². The van der Waals surface area contributed by atoms with Gasteiger partial charge in [-0.1, -0.05) is 17.7 Å². The Kier molecular flexibility index (Phi) is 5.12. The van der Waals surface area contributed by atoms with Gasteiger partial charge in [-0.15, -0.1) is 0 Å². The topological polar surface area (TPSA) is 22.3 Å². The van der Waals surface area contributed by atoms with E-state index in [1.54, 1.807) is 14.2 Å². The normalized spacial score (nSPS) is 10.3. The van der Waals surface area contributed by atoms with Crippen LogP contribution in [-0.2, 0) is 7.05 Å². The molecule has 0 atom stereocenters. The van der Waals surface area contributed by atoms with Crippen molar-refractivity contribution in [2.24, 2.45) is 7.05 Å². The SMILES string of the molecule is COc1cc2cc(-c3ccc(C)cc3)[n+](C)cc2cc1OC.[Cl-]. The number of hydrogen-bond acceptors (Lipinski definition) is 2. The molecule has 0 N–H and O–H groups in total. The minimum atomic E-state index is 0. The van der Waals surface area contributed by atoms with E-state index in [0.29, 0.717) is 0 Å². The molecule has 0 bridgehead atoms. The van der Waals surface area contributed by atoms with E-state index in [9.17, 15) is 0 Å². The number of aryl methyl sites for hydroxylation is 2. The Morgan fingerprint density at radius 3 is 1.96 bits per heavy atom. The van der Waals surface area contributed by atoms with Crippen molar-refractivity contribution >= 4 is 10.8 Å². The van der Waals surface area contributed by atoms with Gasteiger partial charge in [0.15, 0.2) is 17.7 Å². The third kappa shape index (κ3) is 3.25. The zero-order valence-corrected chi connectivity index (χ0v) is 14.5. The Bertz CT molecular complexity index is 829. The van der Waals surface area contributed by atoms with Gasteiger partial charge in [0.2, 0.25) is 5.69 Å². The molecule has 120 valence electrons. The second-order valence-corrected chi connectivity index (χ2v) is 5.47. The summed E-state index contributed by atoms with van der Waals surface area (Å²) in [7, 11) is 5.38. The Morgan fingerprint density at radius 2 is 1.39 bits per heavy atom. The molecule has 0 aliphatic heterocycles. The van der Waals surface area contributed by atoms with Crippen LogP contribution in [0.2, 0.25) is 0 Å². The maximum atomic E-state index is 5.40. The summed E-state index contributed by atoms with van der Waals surface area (Å²) in [5.74, 6) is 1.50. The molecule has 0 radical (unpaired) electrons. The molecule has 3 aromatic rings. The molecule has 2 aromatic carbocycles. The highest BCUT2D eigenvalue weighted by molar-refractivity contribution is 5.87. The Hall–Kier alpha value is -2.26. The molecule has 0 saturated heterocycles. The maximum Gasteiger partial charge on any atom is 0.212 e. The number of aromatic nitrogens is 1. The number of rotatable bonds is 3. The Morgan fingerprint density at radius 1 is 0.826 bits per heavy atom. The number of fused-ring (bicyclic) bond motifs is 1. The quantitative estimate of drug-likeness (QED) is 0.659. The first-order chi connectivity index (χ1) is 10.6. The van der Waals surface area contributed by atoms with Crippen LogP contribution in [0.15, 0.2) is 48.7 Å². The molecule has 3 rings (SSSR count). The maximum absolute atomic E-state index is 5.40. The van der Waals surface area contributed by atoms with Gasteiger partial charge in [0.1, 0.15) is 7.05 Å². The number of pyridine rings is 1. The average Bonchev–Trinajstić information content (AvgIpc) is 2.54. The van der Waals surface area contributed by atoms with E-state index in [0.717, 1.165) is 22.3 Å². The predicted octanol–water partition coefficient (Wildman–Crippen LogP) is 0.661. The van der Waals surface area contributed by atoms with Crippen LogP contribution in [0.3, 0.4) is 0 Å². The van der Waals surface area contributed by atoms with Crippen molar-refractivity contribution in [1.29, 1.82) is 0 Å². The molecule has 0 aliphatic rings. The zero-order chi connectivity index (χ0) is 15.7. The first-order valence-corrected chi connectivity index (χ1v) is 7.25. The highest BCUT2D eigenvalue weighted by atomic mass is 35.5. The molecule has 0 saturated carbocycles. The summed E-state index contributed by atoms with van der Waals surface area (Å²) in [5, 5.41) is 2.25. The third-order valence-electron chi connectivity index (χ3n) is 3.94. The van der Waals surface area contributed by atoms with Gasteiger partial charge in [0, 0.05) is 17.0 Å². The van der Waals surface area contributed by atoms with E-state index >= 15 is 0 Å². The Balaban J connectivity index is 0.00000192. The highest BCUT2D eigenvalue weighted by Crippen LogP contribution is 2.32. The van der Waals surface area contributed by atoms with Crippen LogP contribution in [0.1, 0.15) is 5.56 Å². The summed E-state index contributed by atoms with van der Waals surface area (Å²) >= 11 is 0. The molecule has 1 heterocycles. The van der Waals surface area contributed by atoms with Gasteiger partial charge in [-0.2, -0.15) is 0 Å². The van der Waals surface area contributed by atoms with Gasteiger partial charge >= 0.3 is 0 Å². The van der Waals surface area contributed by atoms with Crippen molar-refractivity contribution in [2.45, 2.75) is 6.92 Å². The van der Waals surface area contributed by atoms with Gasteiger partial charge < -0.3 is 21.9 Å². The van der Waals surface area contributed by atoms with Crippen LogP contribution in [0, 0.1) is 6.92 Å². The van der Waals surface area contributed by atoms with Crippen molar-refractivity contribution < 1.29 is 26.4 Å². The second-order valence-electron chi connectivity index (χ2n) is 5.47. The van der Waals surface area contributed by atoms with E-state index in [1.165, 1.54) is 16.8 Å². The van der Waals surface area contributed by atoms with Crippen molar-refractivity contribution in [2.75, 3.05) is 14.2 Å². The summed E-state index contributed by atoms with van der Waals surface area (Å²) in [6.45, 7) is 2.10. The van der Waals surface area contributed by atoms with Gasteiger partial charge in [-0.25, -0.2) is 4.57 Å². The summed E-state index contributed by atoms with van der Waals surface area (Å²) in [6, 6.07) is 14.8. The molecule has 4 heteroatoms. The molecule has 0 amide bonds. The van der Waals surface area contributed by atoms with E-state index < -0.39 is 0 Å². The standard InChI is InChI=1S/C19H20NO2.ClH/c1-13-5-7-14(8-6-13)17-9-15-10-18(21-3)19(22-4)11-16(15)12-20(17)2;/h5-12H,1-4H3;1H/q+1;/p-1. The summed E-state index contributed by atoms with van der Waals surface area (Å²) in [6.07, 6.45) is 2.12. The number of halogens is 1. The third-order valence-corrected chi connectivity index (χ3v) is 3.94. The second kappa shape index (κ2) is 6.88. The van der Waals surface area contributed by atoms with Gasteiger partial charge in [-0.05, 0) is 36.6 Å². The van der Waals surface area contributed by atoms with Gasteiger partial charge in [0.05, 0.1) is 14.2 Å². The lowest BCUT2D eigenvalue weighted by Crippen LogP contribution is -3.00. The smallest absolute Gasteiger partial charge is 0.212 e. The molecular weight excluding hydrogens is 310 g/mol. The lowest BCUT2D eigenvalue weighted by atomic mass is 10.0. The minimum Gasteiger partial charge on any atom is -1.00 e. The number of hydrogen-bond donors (Lipinski definition) is 0. The van der Waals surface area contributed by atoms with Crippen LogP contribution in [-0.4, -0.2) is 14.2 Å². The first kappa shape index (κ1) is 17.1. The number of benzene rings is 2. The largest absolute Gasteiger partial charge is 1.00 e. The lowest BCUT2D eigenvalue weighted by Gasteiger charge is -2.09. The number of methoxy groups -OCH3 is 2. The van der Waals surface area contributed by atoms with Crippen LogP contribution in [0.5, 0.6) is 11.5 Å². The van der Waals surface area contributed by atoms with E-state index in [-0.39, 0.29) is 12.4 Å². The fraction of sp³-hybridized carbons (Fsp3) is 0.211. The molecule has 0 aliphatic carbocycles. The van der Waals surface area contributed by atoms with Crippen LogP contribution >= 0.6 is 0 Å². The molecule has 23 heavy (non-hydrogen) atoms. The highest BCUT2D eigenvalue weighted by Gasteiger charge is 2.14. The van der Waals surface area contributed by atoms with Crippen molar-refractivity contribution in [3.05, 3.63) is 54.2 Å².